The highest BCUT2D eigenvalue weighted by atomic mass is 35.5. The lowest BCUT2D eigenvalue weighted by Gasteiger charge is -2.23. The van der Waals surface area contributed by atoms with Crippen molar-refractivity contribution in [1.29, 1.82) is 5.26 Å². The number of halogens is 2. The molecule has 0 radical (unpaired) electrons. The van der Waals surface area contributed by atoms with Gasteiger partial charge in [0.15, 0.2) is 5.13 Å². The molecule has 0 bridgehead atoms. The summed E-state index contributed by atoms with van der Waals surface area (Å²) in [4.78, 5) is 21.0. The molecular formula is C19H18Cl2N4OS. The number of aromatic nitrogens is 1. The van der Waals surface area contributed by atoms with E-state index in [9.17, 15) is 4.79 Å². The summed E-state index contributed by atoms with van der Waals surface area (Å²) in [6.07, 6.45) is 3.74. The Kier molecular flexibility index (Phi) is 6.51. The van der Waals surface area contributed by atoms with E-state index >= 15 is 0 Å². The van der Waals surface area contributed by atoms with Crippen molar-refractivity contribution in [3.63, 3.8) is 0 Å². The van der Waals surface area contributed by atoms with E-state index in [1.165, 1.54) is 11.3 Å². The molecule has 1 aromatic carbocycles. The van der Waals surface area contributed by atoms with Crippen LogP contribution in [0, 0.1) is 11.3 Å². The van der Waals surface area contributed by atoms with Gasteiger partial charge >= 0.3 is 0 Å². The van der Waals surface area contributed by atoms with Gasteiger partial charge in [-0.05, 0) is 25.0 Å². The first-order valence-corrected chi connectivity index (χ1v) is 10.1. The molecule has 2 aromatic rings. The van der Waals surface area contributed by atoms with Crippen LogP contribution in [-0.2, 0) is 4.79 Å². The fourth-order valence-electron chi connectivity index (χ4n) is 2.70. The van der Waals surface area contributed by atoms with Gasteiger partial charge in [-0.25, -0.2) is 4.98 Å². The summed E-state index contributed by atoms with van der Waals surface area (Å²) < 4.78 is 0. The second kappa shape index (κ2) is 8.85. The molecule has 27 heavy (non-hydrogen) atoms. The van der Waals surface area contributed by atoms with Crippen LogP contribution in [-0.4, -0.2) is 41.5 Å². The molecular weight excluding hydrogens is 403 g/mol. The number of anilines is 1. The molecule has 1 amide bonds. The fourth-order valence-corrected chi connectivity index (χ4v) is 3.85. The predicted octanol–water partition coefficient (Wildman–Crippen LogP) is 4.62. The van der Waals surface area contributed by atoms with Crippen LogP contribution in [0.4, 0.5) is 5.13 Å². The van der Waals surface area contributed by atoms with E-state index in [-0.39, 0.29) is 19.0 Å². The molecule has 1 fully saturated rings. The van der Waals surface area contributed by atoms with Crippen molar-refractivity contribution >= 4 is 45.6 Å². The lowest BCUT2D eigenvalue weighted by molar-refractivity contribution is -0.119. The smallest absolute Gasteiger partial charge is 0.243 e. The van der Waals surface area contributed by atoms with Crippen molar-refractivity contribution in [2.24, 2.45) is 0 Å². The summed E-state index contributed by atoms with van der Waals surface area (Å²) in [7, 11) is 0. The lowest BCUT2D eigenvalue weighted by Crippen LogP contribution is -2.41. The maximum Gasteiger partial charge on any atom is 0.243 e. The number of hydrogen-bond acceptors (Lipinski definition) is 5. The Morgan fingerprint density at radius 2 is 2.19 bits per heavy atom. The first-order chi connectivity index (χ1) is 13.0. The molecule has 3 rings (SSSR count). The van der Waals surface area contributed by atoms with Crippen molar-refractivity contribution in [1.82, 2.24) is 9.88 Å². The molecule has 1 heterocycles. The molecule has 0 unspecified atom stereocenters. The maximum atomic E-state index is 12.9. The number of carbonyl (C=O) groups is 1. The van der Waals surface area contributed by atoms with Crippen LogP contribution in [0.25, 0.3) is 11.3 Å². The first kappa shape index (κ1) is 19.8. The van der Waals surface area contributed by atoms with Gasteiger partial charge in [-0.3, -0.25) is 14.6 Å². The number of nitriles is 1. The molecule has 0 atom stereocenters. The SMILES string of the molecule is C=CCN(C(=O)CN(CC#N)C1CC1)c1nc(-c2ccc(Cl)c(Cl)c2)cs1. The average molecular weight is 421 g/mol. The maximum absolute atomic E-state index is 12.9. The number of thiazole rings is 1. The van der Waals surface area contributed by atoms with E-state index in [1.807, 2.05) is 16.3 Å². The third-order valence-corrected chi connectivity index (χ3v) is 5.83. The summed E-state index contributed by atoms with van der Waals surface area (Å²) >= 11 is 13.4. The third-order valence-electron chi connectivity index (χ3n) is 4.23. The van der Waals surface area contributed by atoms with Gasteiger partial charge in [0.2, 0.25) is 5.91 Å². The van der Waals surface area contributed by atoms with Crippen molar-refractivity contribution in [3.05, 3.63) is 46.3 Å². The molecule has 8 heteroatoms. The van der Waals surface area contributed by atoms with Crippen LogP contribution in [0.3, 0.4) is 0 Å². The fraction of sp³-hybridized carbons (Fsp3) is 0.316. The number of benzene rings is 1. The highest BCUT2D eigenvalue weighted by Crippen LogP contribution is 2.32. The van der Waals surface area contributed by atoms with E-state index < -0.39 is 0 Å². The second-order valence-corrected chi connectivity index (χ2v) is 7.88. The highest BCUT2D eigenvalue weighted by molar-refractivity contribution is 7.14. The molecule has 0 spiro atoms. The van der Waals surface area contributed by atoms with E-state index in [0.29, 0.717) is 27.8 Å². The van der Waals surface area contributed by atoms with Crippen molar-refractivity contribution in [3.8, 4) is 17.3 Å². The highest BCUT2D eigenvalue weighted by Gasteiger charge is 2.31. The minimum absolute atomic E-state index is 0.0907. The summed E-state index contributed by atoms with van der Waals surface area (Å²) in [5.41, 5.74) is 1.56. The Morgan fingerprint density at radius 1 is 1.41 bits per heavy atom. The molecule has 1 aliphatic carbocycles. The third kappa shape index (κ3) is 4.88. The van der Waals surface area contributed by atoms with Gasteiger partial charge in [-0.2, -0.15) is 5.26 Å². The van der Waals surface area contributed by atoms with E-state index in [4.69, 9.17) is 28.5 Å². The number of carbonyl (C=O) groups excluding carboxylic acids is 1. The van der Waals surface area contributed by atoms with Gasteiger partial charge < -0.3 is 0 Å². The van der Waals surface area contributed by atoms with E-state index in [0.717, 1.165) is 24.1 Å². The molecule has 0 N–H and O–H groups in total. The zero-order valence-electron chi connectivity index (χ0n) is 14.6. The topological polar surface area (TPSA) is 60.2 Å². The number of amides is 1. The number of nitrogens with zero attached hydrogens (tertiary/aromatic N) is 4. The molecule has 5 nitrogen and oxygen atoms in total. The van der Waals surface area contributed by atoms with Crippen molar-refractivity contribution < 1.29 is 4.79 Å². The van der Waals surface area contributed by atoms with Crippen LogP contribution in [0.15, 0.2) is 36.2 Å². The van der Waals surface area contributed by atoms with Gasteiger partial charge in [0.05, 0.1) is 34.9 Å². The van der Waals surface area contributed by atoms with Crippen LogP contribution in [0.2, 0.25) is 10.0 Å². The normalized spacial score (nSPS) is 13.4. The Bertz CT molecular complexity index is 888. The Balaban J connectivity index is 1.79. The molecule has 0 aliphatic heterocycles. The lowest BCUT2D eigenvalue weighted by atomic mass is 10.2. The Hall–Kier alpha value is -1.91. The summed E-state index contributed by atoms with van der Waals surface area (Å²) in [5.74, 6) is -0.0907. The van der Waals surface area contributed by atoms with Gasteiger partial charge in [-0.1, -0.05) is 35.3 Å². The van der Waals surface area contributed by atoms with Crippen molar-refractivity contribution in [2.75, 3.05) is 24.5 Å². The van der Waals surface area contributed by atoms with Gasteiger partial charge in [0, 0.05) is 23.5 Å². The Morgan fingerprint density at radius 3 is 2.81 bits per heavy atom. The Labute approximate surface area is 172 Å². The number of rotatable bonds is 8. The molecule has 140 valence electrons. The van der Waals surface area contributed by atoms with Crippen molar-refractivity contribution in [2.45, 2.75) is 18.9 Å². The summed E-state index contributed by atoms with van der Waals surface area (Å²) in [5, 5.41) is 12.4. The average Bonchev–Trinajstić information content (AvgIpc) is 3.39. The standard InChI is InChI=1S/C19H18Cl2N4OS/c1-2-8-25(18(26)11-24(9-7-22)14-4-5-14)19-23-17(12-27-19)13-3-6-15(20)16(21)10-13/h2-3,6,10,12,14H,1,4-5,8-9,11H2. The van der Waals surface area contributed by atoms with Crippen LogP contribution >= 0.6 is 34.5 Å². The van der Waals surface area contributed by atoms with Crippen LogP contribution < -0.4 is 4.90 Å². The zero-order chi connectivity index (χ0) is 19.4. The molecule has 0 saturated heterocycles. The molecule has 1 aromatic heterocycles. The summed E-state index contributed by atoms with van der Waals surface area (Å²) in [6.45, 7) is 4.56. The monoisotopic (exact) mass is 420 g/mol. The predicted molar refractivity (Wildman–Crippen MR) is 110 cm³/mol. The van der Waals surface area contributed by atoms with Gasteiger partial charge in [-0.15, -0.1) is 17.9 Å². The minimum atomic E-state index is -0.0907. The van der Waals surface area contributed by atoms with E-state index in [1.54, 1.807) is 23.1 Å². The van der Waals surface area contributed by atoms with E-state index in [2.05, 4.69) is 17.6 Å². The van der Waals surface area contributed by atoms with Gasteiger partial charge in [0.1, 0.15) is 0 Å². The molecule has 1 saturated carbocycles. The van der Waals surface area contributed by atoms with Crippen LogP contribution in [0.5, 0.6) is 0 Å². The largest absolute Gasteiger partial charge is 0.283 e. The minimum Gasteiger partial charge on any atom is -0.283 e. The van der Waals surface area contributed by atoms with Crippen LogP contribution in [0.1, 0.15) is 12.8 Å². The number of hydrogen-bond donors (Lipinski definition) is 0. The first-order valence-electron chi connectivity index (χ1n) is 8.46. The quantitative estimate of drug-likeness (QED) is 0.461. The zero-order valence-corrected chi connectivity index (χ0v) is 16.9. The summed E-state index contributed by atoms with van der Waals surface area (Å²) in [6, 6.07) is 7.79. The second-order valence-electron chi connectivity index (χ2n) is 6.23. The van der Waals surface area contributed by atoms with Gasteiger partial charge in [0.25, 0.3) is 0 Å². The molecule has 1 aliphatic rings.